The van der Waals surface area contributed by atoms with Gasteiger partial charge in [-0.25, -0.2) is 17.5 Å². The number of hydrogen-bond donors (Lipinski definition) is 0. The predicted octanol–water partition coefficient (Wildman–Crippen LogP) is 3.00. The average Bonchev–Trinajstić information content (AvgIpc) is 2.85. The molecular weight excluding hydrogens is 319 g/mol. The third-order valence-corrected chi connectivity index (χ3v) is 5.01. The highest BCUT2D eigenvalue weighted by molar-refractivity contribution is 7.90. The summed E-state index contributed by atoms with van der Waals surface area (Å²) >= 11 is 0. The van der Waals surface area contributed by atoms with E-state index in [4.69, 9.17) is 4.74 Å². The van der Waals surface area contributed by atoms with Crippen molar-refractivity contribution in [1.29, 1.82) is 0 Å². The van der Waals surface area contributed by atoms with Crippen LogP contribution >= 0.6 is 0 Å². The molecule has 0 radical (unpaired) electrons. The quantitative estimate of drug-likeness (QED) is 0.863. The summed E-state index contributed by atoms with van der Waals surface area (Å²) in [6, 6.07) is 3.94. The molecule has 2 heterocycles. The maximum Gasteiger partial charge on any atom is 0.215 e. The second-order valence-electron chi connectivity index (χ2n) is 6.06. The standard InChI is InChI=1S/C16H19FN2O3S/c1-10(2)14-15(18-19-7-4-8-22-16(14)19)12-6-5-11(9-13(12)17)23(3,20)21/h5-6,9-10H,4,7-8H2,1-3H3. The second-order valence-corrected chi connectivity index (χ2v) is 8.08. The number of fused-ring (bicyclic) bond motifs is 1. The fourth-order valence-corrected chi connectivity index (χ4v) is 3.42. The van der Waals surface area contributed by atoms with E-state index >= 15 is 0 Å². The summed E-state index contributed by atoms with van der Waals surface area (Å²) in [6.07, 6.45) is 1.92. The molecule has 5 nitrogen and oxygen atoms in total. The summed E-state index contributed by atoms with van der Waals surface area (Å²) in [4.78, 5) is -0.0370. The predicted molar refractivity (Wildman–Crippen MR) is 84.9 cm³/mol. The number of hydrogen-bond acceptors (Lipinski definition) is 4. The highest BCUT2D eigenvalue weighted by Gasteiger charge is 2.26. The molecule has 7 heteroatoms. The van der Waals surface area contributed by atoms with Crippen molar-refractivity contribution >= 4 is 9.84 Å². The van der Waals surface area contributed by atoms with Crippen LogP contribution in [0.25, 0.3) is 11.3 Å². The lowest BCUT2D eigenvalue weighted by Gasteiger charge is -2.17. The van der Waals surface area contributed by atoms with E-state index in [0.717, 1.165) is 30.9 Å². The monoisotopic (exact) mass is 338 g/mol. The Hall–Kier alpha value is -1.89. The van der Waals surface area contributed by atoms with Gasteiger partial charge in [0.1, 0.15) is 11.5 Å². The molecule has 1 aliphatic heterocycles. The van der Waals surface area contributed by atoms with Gasteiger partial charge < -0.3 is 4.74 Å². The van der Waals surface area contributed by atoms with Crippen molar-refractivity contribution in [2.45, 2.75) is 37.6 Å². The van der Waals surface area contributed by atoms with E-state index in [-0.39, 0.29) is 10.8 Å². The largest absolute Gasteiger partial charge is 0.478 e. The van der Waals surface area contributed by atoms with E-state index in [1.807, 2.05) is 13.8 Å². The van der Waals surface area contributed by atoms with Gasteiger partial charge in [0, 0.05) is 30.3 Å². The minimum Gasteiger partial charge on any atom is -0.478 e. The van der Waals surface area contributed by atoms with E-state index in [2.05, 4.69) is 5.10 Å². The summed E-state index contributed by atoms with van der Waals surface area (Å²) in [5, 5.41) is 4.50. The molecule has 1 aromatic heterocycles. The number of benzene rings is 1. The van der Waals surface area contributed by atoms with Gasteiger partial charge in [0.05, 0.1) is 11.5 Å². The van der Waals surface area contributed by atoms with Crippen molar-refractivity contribution in [1.82, 2.24) is 9.78 Å². The van der Waals surface area contributed by atoms with Gasteiger partial charge in [-0.15, -0.1) is 0 Å². The summed E-state index contributed by atoms with van der Waals surface area (Å²) in [5.41, 5.74) is 1.68. The maximum atomic E-state index is 14.5. The van der Waals surface area contributed by atoms with Crippen LogP contribution in [0.4, 0.5) is 4.39 Å². The number of ether oxygens (including phenoxy) is 1. The normalized spacial score (nSPS) is 14.7. The summed E-state index contributed by atoms with van der Waals surface area (Å²) < 4.78 is 45.1. The van der Waals surface area contributed by atoms with E-state index < -0.39 is 15.7 Å². The van der Waals surface area contributed by atoms with Crippen molar-refractivity contribution in [3.8, 4) is 17.1 Å². The summed E-state index contributed by atoms with van der Waals surface area (Å²) in [7, 11) is -3.44. The van der Waals surface area contributed by atoms with E-state index in [1.165, 1.54) is 12.1 Å². The van der Waals surface area contributed by atoms with Crippen LogP contribution in [0.15, 0.2) is 23.1 Å². The Kier molecular flexibility index (Phi) is 3.91. The van der Waals surface area contributed by atoms with Gasteiger partial charge in [0.15, 0.2) is 9.84 Å². The molecular formula is C16H19FN2O3S. The SMILES string of the molecule is CC(C)c1c(-c2ccc(S(C)(=O)=O)cc2F)nn2c1OCCC2. The van der Waals surface area contributed by atoms with Gasteiger partial charge in [-0.3, -0.25) is 0 Å². The zero-order chi connectivity index (χ0) is 16.8. The Bertz CT molecular complexity index is 856. The Morgan fingerprint density at radius 3 is 2.70 bits per heavy atom. The number of aromatic nitrogens is 2. The number of aryl methyl sites for hydroxylation is 1. The first-order chi connectivity index (χ1) is 10.8. The van der Waals surface area contributed by atoms with Crippen molar-refractivity contribution < 1.29 is 17.5 Å². The molecule has 0 atom stereocenters. The molecule has 0 amide bonds. The average molecular weight is 338 g/mol. The van der Waals surface area contributed by atoms with Crippen LogP contribution in [0, 0.1) is 5.82 Å². The summed E-state index contributed by atoms with van der Waals surface area (Å²) in [6.45, 7) is 5.36. The van der Waals surface area contributed by atoms with Crippen LogP contribution in [-0.4, -0.2) is 31.1 Å². The first-order valence-electron chi connectivity index (χ1n) is 7.52. The van der Waals surface area contributed by atoms with Crippen molar-refractivity contribution in [3.63, 3.8) is 0 Å². The number of rotatable bonds is 3. The van der Waals surface area contributed by atoms with Crippen LogP contribution in [-0.2, 0) is 16.4 Å². The van der Waals surface area contributed by atoms with E-state index in [1.54, 1.807) is 4.68 Å². The van der Waals surface area contributed by atoms with Crippen LogP contribution in [0.2, 0.25) is 0 Å². The second kappa shape index (κ2) is 5.63. The zero-order valence-corrected chi connectivity index (χ0v) is 14.2. The molecule has 0 saturated heterocycles. The minimum atomic E-state index is -3.44. The summed E-state index contributed by atoms with van der Waals surface area (Å²) in [5.74, 6) is 0.207. The fraction of sp³-hybridized carbons (Fsp3) is 0.438. The van der Waals surface area contributed by atoms with Crippen molar-refractivity contribution in [3.05, 3.63) is 29.6 Å². The third kappa shape index (κ3) is 2.85. The lowest BCUT2D eigenvalue weighted by atomic mass is 9.98. The molecule has 0 bridgehead atoms. The maximum absolute atomic E-state index is 14.5. The molecule has 0 unspecified atom stereocenters. The van der Waals surface area contributed by atoms with Gasteiger partial charge in [-0.2, -0.15) is 5.10 Å². The molecule has 0 N–H and O–H groups in total. The van der Waals surface area contributed by atoms with Crippen molar-refractivity contribution in [2.75, 3.05) is 12.9 Å². The van der Waals surface area contributed by atoms with Gasteiger partial charge in [0.25, 0.3) is 0 Å². The van der Waals surface area contributed by atoms with Gasteiger partial charge in [0.2, 0.25) is 5.88 Å². The first-order valence-corrected chi connectivity index (χ1v) is 9.41. The molecule has 0 spiro atoms. The molecule has 0 fully saturated rings. The Balaban J connectivity index is 2.17. The zero-order valence-electron chi connectivity index (χ0n) is 13.3. The molecule has 1 aromatic carbocycles. The smallest absolute Gasteiger partial charge is 0.215 e. The van der Waals surface area contributed by atoms with Gasteiger partial charge in [-0.05, 0) is 24.1 Å². The van der Waals surface area contributed by atoms with Crippen LogP contribution in [0.1, 0.15) is 31.7 Å². The lowest BCUT2D eigenvalue weighted by molar-refractivity contribution is 0.227. The first kappa shape index (κ1) is 16.0. The van der Waals surface area contributed by atoms with Crippen LogP contribution in [0.3, 0.4) is 0 Å². The lowest BCUT2D eigenvalue weighted by Crippen LogP contribution is -2.15. The minimum absolute atomic E-state index is 0.0370. The van der Waals surface area contributed by atoms with Gasteiger partial charge in [-0.1, -0.05) is 13.8 Å². The van der Waals surface area contributed by atoms with Crippen molar-refractivity contribution in [2.24, 2.45) is 0 Å². The van der Waals surface area contributed by atoms with Crippen LogP contribution < -0.4 is 4.74 Å². The van der Waals surface area contributed by atoms with Crippen LogP contribution in [0.5, 0.6) is 5.88 Å². The number of halogens is 1. The third-order valence-electron chi connectivity index (χ3n) is 3.89. The van der Waals surface area contributed by atoms with E-state index in [0.29, 0.717) is 23.7 Å². The topological polar surface area (TPSA) is 61.2 Å². The number of nitrogens with zero attached hydrogens (tertiary/aromatic N) is 2. The molecule has 124 valence electrons. The molecule has 3 rings (SSSR count). The highest BCUT2D eigenvalue weighted by atomic mass is 32.2. The highest BCUT2D eigenvalue weighted by Crippen LogP contribution is 2.38. The fourth-order valence-electron chi connectivity index (χ4n) is 2.79. The molecule has 23 heavy (non-hydrogen) atoms. The van der Waals surface area contributed by atoms with E-state index in [9.17, 15) is 12.8 Å². The Morgan fingerprint density at radius 1 is 1.35 bits per heavy atom. The van der Waals surface area contributed by atoms with Gasteiger partial charge >= 0.3 is 0 Å². The molecule has 0 aliphatic carbocycles. The molecule has 0 saturated carbocycles. The molecule has 2 aromatic rings. The number of sulfone groups is 1. The molecule has 1 aliphatic rings. The Morgan fingerprint density at radius 2 is 2.09 bits per heavy atom. The Labute approximate surface area is 135 Å².